The van der Waals surface area contributed by atoms with Crippen LogP contribution in [0.2, 0.25) is 0 Å². The highest BCUT2D eigenvalue weighted by molar-refractivity contribution is 7.11. The highest BCUT2D eigenvalue weighted by Crippen LogP contribution is 2.29. The average Bonchev–Trinajstić information content (AvgIpc) is 2.69. The third-order valence-electron chi connectivity index (χ3n) is 3.47. The first-order chi connectivity index (χ1) is 8.12. The molecule has 2 nitrogen and oxygen atoms in total. The number of hydrogen-bond donors (Lipinski definition) is 1. The lowest BCUT2D eigenvalue weighted by molar-refractivity contribution is 0.536. The van der Waals surface area contributed by atoms with Crippen molar-refractivity contribution in [2.75, 3.05) is 0 Å². The van der Waals surface area contributed by atoms with E-state index in [1.807, 2.05) is 11.3 Å². The number of hydrogen-bond acceptors (Lipinski definition) is 3. The number of aryl methyl sites for hydroxylation is 1. The standard InChI is InChI=1S/C14H26N2S/c1-6-10(4)15-9-13-11(5)16-14(17-13)12(7-2)8-3/h10,12,15H,6-9H2,1-5H3. The maximum absolute atomic E-state index is 4.73. The van der Waals surface area contributed by atoms with Crippen molar-refractivity contribution >= 4 is 11.3 Å². The van der Waals surface area contributed by atoms with Gasteiger partial charge in [0, 0.05) is 23.4 Å². The van der Waals surface area contributed by atoms with Crippen LogP contribution in [0.5, 0.6) is 0 Å². The summed E-state index contributed by atoms with van der Waals surface area (Å²) in [6.07, 6.45) is 3.57. The van der Waals surface area contributed by atoms with Crippen LogP contribution >= 0.6 is 11.3 Å². The van der Waals surface area contributed by atoms with E-state index in [9.17, 15) is 0 Å². The van der Waals surface area contributed by atoms with Gasteiger partial charge in [-0.2, -0.15) is 0 Å². The Morgan fingerprint density at radius 1 is 1.18 bits per heavy atom. The van der Waals surface area contributed by atoms with Gasteiger partial charge in [-0.05, 0) is 33.1 Å². The molecule has 0 bridgehead atoms. The van der Waals surface area contributed by atoms with Gasteiger partial charge in [0.2, 0.25) is 0 Å². The van der Waals surface area contributed by atoms with E-state index in [1.165, 1.54) is 34.8 Å². The summed E-state index contributed by atoms with van der Waals surface area (Å²) < 4.78 is 0. The molecule has 1 aromatic heterocycles. The molecule has 98 valence electrons. The van der Waals surface area contributed by atoms with Crippen molar-refractivity contribution < 1.29 is 0 Å². The zero-order valence-electron chi connectivity index (χ0n) is 11.8. The van der Waals surface area contributed by atoms with E-state index in [0.717, 1.165) is 6.54 Å². The molecule has 0 aromatic carbocycles. The third-order valence-corrected chi connectivity index (χ3v) is 4.79. The highest BCUT2D eigenvalue weighted by atomic mass is 32.1. The predicted molar refractivity (Wildman–Crippen MR) is 76.8 cm³/mol. The Morgan fingerprint density at radius 3 is 2.35 bits per heavy atom. The Bertz CT molecular complexity index is 329. The summed E-state index contributed by atoms with van der Waals surface area (Å²) >= 11 is 1.90. The van der Waals surface area contributed by atoms with Crippen molar-refractivity contribution in [2.24, 2.45) is 0 Å². The molecule has 1 rings (SSSR count). The van der Waals surface area contributed by atoms with Gasteiger partial charge in [-0.1, -0.05) is 20.8 Å². The Kier molecular flexibility index (Phi) is 6.14. The molecular formula is C14H26N2S. The summed E-state index contributed by atoms with van der Waals surface area (Å²) in [6, 6.07) is 0.591. The fourth-order valence-corrected chi connectivity index (χ4v) is 3.12. The summed E-state index contributed by atoms with van der Waals surface area (Å²) in [6.45, 7) is 12.1. The van der Waals surface area contributed by atoms with Crippen molar-refractivity contribution in [3.05, 3.63) is 15.6 Å². The molecule has 0 aliphatic heterocycles. The van der Waals surface area contributed by atoms with E-state index in [0.29, 0.717) is 12.0 Å². The van der Waals surface area contributed by atoms with Crippen LogP contribution in [-0.2, 0) is 6.54 Å². The molecule has 0 saturated heterocycles. The molecule has 3 heteroatoms. The first-order valence-corrected chi connectivity index (χ1v) is 7.63. The van der Waals surface area contributed by atoms with Crippen molar-refractivity contribution in [2.45, 2.75) is 72.4 Å². The largest absolute Gasteiger partial charge is 0.309 e. The van der Waals surface area contributed by atoms with Gasteiger partial charge in [-0.25, -0.2) is 4.98 Å². The summed E-state index contributed by atoms with van der Waals surface area (Å²) in [4.78, 5) is 6.14. The second-order valence-electron chi connectivity index (χ2n) is 4.76. The normalized spacial score (nSPS) is 13.3. The quantitative estimate of drug-likeness (QED) is 0.787. The molecule has 17 heavy (non-hydrogen) atoms. The smallest absolute Gasteiger partial charge is 0.0962 e. The van der Waals surface area contributed by atoms with E-state index in [1.54, 1.807) is 0 Å². The van der Waals surface area contributed by atoms with Crippen LogP contribution in [0.3, 0.4) is 0 Å². The lowest BCUT2D eigenvalue weighted by atomic mass is 10.1. The Labute approximate surface area is 110 Å². The van der Waals surface area contributed by atoms with Crippen molar-refractivity contribution in [1.29, 1.82) is 0 Å². The van der Waals surface area contributed by atoms with E-state index in [2.05, 4.69) is 39.9 Å². The first kappa shape index (κ1) is 14.7. The van der Waals surface area contributed by atoms with Crippen molar-refractivity contribution in [3.8, 4) is 0 Å². The van der Waals surface area contributed by atoms with E-state index in [-0.39, 0.29) is 0 Å². The van der Waals surface area contributed by atoms with Gasteiger partial charge in [0.25, 0.3) is 0 Å². The molecule has 0 aliphatic carbocycles. The Balaban J connectivity index is 2.67. The molecule has 1 unspecified atom stereocenters. The highest BCUT2D eigenvalue weighted by Gasteiger charge is 2.14. The van der Waals surface area contributed by atoms with Crippen LogP contribution in [0.1, 0.15) is 68.5 Å². The Morgan fingerprint density at radius 2 is 1.82 bits per heavy atom. The van der Waals surface area contributed by atoms with Gasteiger partial charge in [0.15, 0.2) is 0 Å². The van der Waals surface area contributed by atoms with Gasteiger partial charge in [-0.15, -0.1) is 11.3 Å². The number of thiazole rings is 1. The molecule has 1 atom stereocenters. The molecule has 1 N–H and O–H groups in total. The second kappa shape index (κ2) is 7.12. The van der Waals surface area contributed by atoms with Gasteiger partial charge in [0.05, 0.1) is 10.7 Å². The minimum absolute atomic E-state index is 0.591. The van der Waals surface area contributed by atoms with E-state index in [4.69, 9.17) is 4.98 Å². The predicted octanol–water partition coefficient (Wildman–Crippen LogP) is 4.24. The molecule has 1 aromatic rings. The molecule has 0 radical (unpaired) electrons. The summed E-state index contributed by atoms with van der Waals surface area (Å²) in [5.74, 6) is 0.649. The summed E-state index contributed by atoms with van der Waals surface area (Å²) in [5.41, 5.74) is 1.22. The molecule has 1 heterocycles. The fraction of sp³-hybridized carbons (Fsp3) is 0.786. The summed E-state index contributed by atoms with van der Waals surface area (Å²) in [5, 5.41) is 4.88. The maximum atomic E-state index is 4.73. The molecule has 0 saturated carbocycles. The van der Waals surface area contributed by atoms with E-state index < -0.39 is 0 Å². The van der Waals surface area contributed by atoms with Crippen LogP contribution in [-0.4, -0.2) is 11.0 Å². The average molecular weight is 254 g/mol. The van der Waals surface area contributed by atoms with Crippen molar-refractivity contribution in [3.63, 3.8) is 0 Å². The number of nitrogens with one attached hydrogen (secondary N) is 1. The van der Waals surface area contributed by atoms with Gasteiger partial charge < -0.3 is 5.32 Å². The molecule has 0 fully saturated rings. The van der Waals surface area contributed by atoms with Crippen LogP contribution in [0, 0.1) is 6.92 Å². The molecule has 0 amide bonds. The third kappa shape index (κ3) is 4.07. The molecule has 0 aliphatic rings. The minimum atomic E-state index is 0.591. The molecular weight excluding hydrogens is 228 g/mol. The topological polar surface area (TPSA) is 24.9 Å². The molecule has 0 spiro atoms. The lowest BCUT2D eigenvalue weighted by Gasteiger charge is -2.10. The SMILES string of the molecule is CCC(C)NCc1sc(C(CC)CC)nc1C. The van der Waals surface area contributed by atoms with Crippen molar-refractivity contribution in [1.82, 2.24) is 10.3 Å². The monoisotopic (exact) mass is 254 g/mol. The van der Waals surface area contributed by atoms with Crippen LogP contribution in [0.15, 0.2) is 0 Å². The number of aromatic nitrogens is 1. The van der Waals surface area contributed by atoms with Crippen LogP contribution < -0.4 is 5.32 Å². The van der Waals surface area contributed by atoms with Crippen LogP contribution in [0.4, 0.5) is 0 Å². The van der Waals surface area contributed by atoms with Crippen LogP contribution in [0.25, 0.3) is 0 Å². The van der Waals surface area contributed by atoms with Gasteiger partial charge in [0.1, 0.15) is 0 Å². The zero-order valence-corrected chi connectivity index (χ0v) is 12.7. The maximum Gasteiger partial charge on any atom is 0.0962 e. The zero-order chi connectivity index (χ0) is 12.8. The minimum Gasteiger partial charge on any atom is -0.309 e. The second-order valence-corrected chi connectivity index (χ2v) is 5.88. The number of rotatable bonds is 7. The lowest BCUT2D eigenvalue weighted by Crippen LogP contribution is -2.24. The van der Waals surface area contributed by atoms with E-state index >= 15 is 0 Å². The Hall–Kier alpha value is -0.410. The van der Waals surface area contributed by atoms with Gasteiger partial charge in [-0.3, -0.25) is 0 Å². The fourth-order valence-electron chi connectivity index (χ4n) is 1.84. The van der Waals surface area contributed by atoms with Gasteiger partial charge >= 0.3 is 0 Å². The first-order valence-electron chi connectivity index (χ1n) is 6.81. The number of nitrogens with zero attached hydrogens (tertiary/aromatic N) is 1. The summed E-state index contributed by atoms with van der Waals surface area (Å²) in [7, 11) is 0.